The van der Waals surface area contributed by atoms with Gasteiger partial charge in [-0.1, -0.05) is 24.3 Å². The number of H-pyrrole nitrogens is 1. The quantitative estimate of drug-likeness (QED) is 0.425. The van der Waals surface area contributed by atoms with Crippen LogP contribution in [0.15, 0.2) is 60.7 Å². The number of methoxy groups -OCH3 is 2. The average molecular weight is 327 g/mol. The summed E-state index contributed by atoms with van der Waals surface area (Å²) in [5.74, 6) is 1.72. The van der Waals surface area contributed by atoms with Crippen molar-refractivity contribution in [3.05, 3.63) is 60.7 Å². The zero-order valence-electron chi connectivity index (χ0n) is 14.1. The van der Waals surface area contributed by atoms with Gasteiger partial charge in [0.15, 0.2) is 0 Å². The zero-order chi connectivity index (χ0) is 17.0. The van der Waals surface area contributed by atoms with Crippen molar-refractivity contribution in [2.45, 2.75) is 0 Å². The van der Waals surface area contributed by atoms with E-state index in [0.29, 0.717) is 0 Å². The number of hydrogen-bond acceptors (Lipinski definition) is 2. The van der Waals surface area contributed by atoms with Gasteiger partial charge < -0.3 is 14.5 Å². The Hall–Kier alpha value is -3.20. The van der Waals surface area contributed by atoms with Crippen molar-refractivity contribution in [1.82, 2.24) is 4.98 Å². The summed E-state index contributed by atoms with van der Waals surface area (Å²) in [5, 5.41) is 7.23. The highest BCUT2D eigenvalue weighted by Gasteiger charge is 2.14. The summed E-state index contributed by atoms with van der Waals surface area (Å²) in [6.07, 6.45) is 0. The summed E-state index contributed by atoms with van der Waals surface area (Å²) in [7, 11) is 3.41. The van der Waals surface area contributed by atoms with Gasteiger partial charge in [-0.05, 0) is 52.6 Å². The molecule has 0 bridgehead atoms. The highest BCUT2D eigenvalue weighted by Crippen LogP contribution is 2.41. The fourth-order valence-corrected chi connectivity index (χ4v) is 3.81. The summed E-state index contributed by atoms with van der Waals surface area (Å²) in [4.78, 5) is 3.61. The molecule has 0 atom stereocenters. The molecule has 0 fully saturated rings. The maximum Gasteiger partial charge on any atom is 0.119 e. The Bertz CT molecular complexity index is 1270. The molecule has 0 saturated carbocycles. The normalized spacial score (nSPS) is 11.6. The van der Waals surface area contributed by atoms with E-state index in [0.717, 1.165) is 22.5 Å². The molecule has 5 aromatic rings. The summed E-state index contributed by atoms with van der Waals surface area (Å²) < 4.78 is 10.9. The molecule has 3 nitrogen and oxygen atoms in total. The van der Waals surface area contributed by atoms with Crippen LogP contribution in [-0.4, -0.2) is 19.2 Å². The molecule has 1 aromatic heterocycles. The first-order chi connectivity index (χ1) is 12.3. The van der Waals surface area contributed by atoms with E-state index in [2.05, 4.69) is 53.5 Å². The molecular formula is C22H17NO2. The third-order valence-corrected chi connectivity index (χ3v) is 4.99. The molecule has 0 saturated heterocycles. The van der Waals surface area contributed by atoms with Gasteiger partial charge in [0.1, 0.15) is 11.5 Å². The fourth-order valence-electron chi connectivity index (χ4n) is 3.81. The van der Waals surface area contributed by atoms with Gasteiger partial charge in [-0.15, -0.1) is 0 Å². The van der Waals surface area contributed by atoms with Crippen LogP contribution in [0.3, 0.4) is 0 Å². The average Bonchev–Trinajstić information content (AvgIpc) is 3.07. The molecular weight excluding hydrogens is 310 g/mol. The molecule has 0 aliphatic rings. The van der Waals surface area contributed by atoms with Crippen LogP contribution in [0.25, 0.3) is 43.4 Å². The highest BCUT2D eigenvalue weighted by molar-refractivity contribution is 6.31. The van der Waals surface area contributed by atoms with Crippen LogP contribution < -0.4 is 9.47 Å². The van der Waals surface area contributed by atoms with Crippen molar-refractivity contribution in [3.63, 3.8) is 0 Å². The Kier molecular flexibility index (Phi) is 2.92. The summed E-state index contributed by atoms with van der Waals surface area (Å²) >= 11 is 0. The van der Waals surface area contributed by atoms with Crippen molar-refractivity contribution in [2.75, 3.05) is 14.2 Å². The first-order valence-corrected chi connectivity index (χ1v) is 8.28. The van der Waals surface area contributed by atoms with Crippen molar-refractivity contribution in [2.24, 2.45) is 0 Å². The number of hydrogen-bond donors (Lipinski definition) is 1. The smallest absolute Gasteiger partial charge is 0.119 e. The largest absolute Gasteiger partial charge is 0.497 e. The Morgan fingerprint density at radius 2 is 1.32 bits per heavy atom. The Morgan fingerprint density at radius 1 is 0.640 bits per heavy atom. The highest BCUT2D eigenvalue weighted by atomic mass is 16.5. The van der Waals surface area contributed by atoms with Crippen molar-refractivity contribution in [3.8, 4) is 11.5 Å². The molecule has 0 unspecified atom stereocenters. The van der Waals surface area contributed by atoms with Crippen LogP contribution >= 0.6 is 0 Å². The minimum absolute atomic E-state index is 0.861. The van der Waals surface area contributed by atoms with Gasteiger partial charge in [-0.3, -0.25) is 0 Å². The summed E-state index contributed by atoms with van der Waals surface area (Å²) in [5.41, 5.74) is 2.30. The second-order valence-corrected chi connectivity index (χ2v) is 6.24. The SMILES string of the molecule is COc1ccc2c(c1)c1ccc(OC)cc1c1c3ccccc3[nH]c21. The van der Waals surface area contributed by atoms with Crippen LogP contribution in [0, 0.1) is 0 Å². The van der Waals surface area contributed by atoms with Crippen LogP contribution in [0.2, 0.25) is 0 Å². The van der Waals surface area contributed by atoms with E-state index in [1.165, 1.54) is 32.3 Å². The lowest BCUT2D eigenvalue weighted by atomic mass is 9.96. The molecule has 4 aromatic carbocycles. The van der Waals surface area contributed by atoms with Crippen molar-refractivity contribution >= 4 is 43.4 Å². The van der Waals surface area contributed by atoms with E-state index in [9.17, 15) is 0 Å². The lowest BCUT2D eigenvalue weighted by molar-refractivity contribution is 0.415. The van der Waals surface area contributed by atoms with E-state index >= 15 is 0 Å². The third kappa shape index (κ3) is 1.92. The number of rotatable bonds is 2. The second kappa shape index (κ2) is 5.15. The number of benzene rings is 4. The monoisotopic (exact) mass is 327 g/mol. The molecule has 1 N–H and O–H groups in total. The molecule has 0 spiro atoms. The topological polar surface area (TPSA) is 34.2 Å². The predicted molar refractivity (Wildman–Crippen MR) is 104 cm³/mol. The van der Waals surface area contributed by atoms with E-state index in [1.54, 1.807) is 14.2 Å². The van der Waals surface area contributed by atoms with Gasteiger partial charge in [0, 0.05) is 21.7 Å². The fraction of sp³-hybridized carbons (Fsp3) is 0.0909. The standard InChI is InChI=1S/C22H17NO2/c1-24-13-8-10-16-18(11-13)15-9-7-14(25-2)12-19(15)21-17-5-3-4-6-20(17)23-22(16)21/h3-12,23H,1-2H3. The minimum atomic E-state index is 0.861. The Morgan fingerprint density at radius 3 is 2.08 bits per heavy atom. The number of fused-ring (bicyclic) bond motifs is 8. The van der Waals surface area contributed by atoms with Crippen LogP contribution in [0.5, 0.6) is 11.5 Å². The van der Waals surface area contributed by atoms with Gasteiger partial charge >= 0.3 is 0 Å². The van der Waals surface area contributed by atoms with E-state index in [-0.39, 0.29) is 0 Å². The number of nitrogens with one attached hydrogen (secondary N) is 1. The van der Waals surface area contributed by atoms with E-state index in [1.807, 2.05) is 12.1 Å². The third-order valence-electron chi connectivity index (χ3n) is 4.99. The predicted octanol–water partition coefficient (Wildman–Crippen LogP) is 5.64. The number of ether oxygens (including phenoxy) is 2. The van der Waals surface area contributed by atoms with Crippen LogP contribution in [0.4, 0.5) is 0 Å². The zero-order valence-corrected chi connectivity index (χ0v) is 14.1. The molecule has 3 heteroatoms. The molecule has 0 radical (unpaired) electrons. The van der Waals surface area contributed by atoms with Gasteiger partial charge in [-0.2, -0.15) is 0 Å². The lowest BCUT2D eigenvalue weighted by Crippen LogP contribution is -1.87. The molecule has 0 aliphatic carbocycles. The number of aromatic nitrogens is 1. The second-order valence-electron chi connectivity index (χ2n) is 6.24. The van der Waals surface area contributed by atoms with Gasteiger partial charge in [0.25, 0.3) is 0 Å². The maximum absolute atomic E-state index is 5.48. The first-order valence-electron chi connectivity index (χ1n) is 8.28. The molecule has 0 amide bonds. The molecule has 0 aliphatic heterocycles. The molecule has 5 rings (SSSR count). The maximum atomic E-state index is 5.48. The Balaban J connectivity index is 2.11. The minimum Gasteiger partial charge on any atom is -0.497 e. The lowest BCUT2D eigenvalue weighted by Gasteiger charge is -2.10. The molecule has 122 valence electrons. The van der Waals surface area contributed by atoms with Crippen molar-refractivity contribution < 1.29 is 9.47 Å². The summed E-state index contributed by atoms with van der Waals surface area (Å²) in [6, 6.07) is 21.0. The first kappa shape index (κ1) is 14.2. The van der Waals surface area contributed by atoms with Gasteiger partial charge in [0.2, 0.25) is 0 Å². The molecule has 25 heavy (non-hydrogen) atoms. The van der Waals surface area contributed by atoms with Gasteiger partial charge in [-0.25, -0.2) is 0 Å². The van der Waals surface area contributed by atoms with Crippen LogP contribution in [0.1, 0.15) is 0 Å². The molecule has 1 heterocycles. The summed E-state index contributed by atoms with van der Waals surface area (Å²) in [6.45, 7) is 0. The van der Waals surface area contributed by atoms with Gasteiger partial charge in [0.05, 0.1) is 19.7 Å². The van der Waals surface area contributed by atoms with Crippen LogP contribution in [-0.2, 0) is 0 Å². The van der Waals surface area contributed by atoms with Crippen molar-refractivity contribution in [1.29, 1.82) is 0 Å². The van der Waals surface area contributed by atoms with E-state index < -0.39 is 0 Å². The number of para-hydroxylation sites is 1. The number of aromatic amines is 1. The Labute approximate surface area is 144 Å². The van der Waals surface area contributed by atoms with E-state index in [4.69, 9.17) is 9.47 Å².